The average Bonchev–Trinajstić information content (AvgIpc) is 2.87. The molecule has 0 atom stereocenters. The van der Waals surface area contributed by atoms with Crippen molar-refractivity contribution in [2.45, 2.75) is 6.54 Å². The highest BCUT2D eigenvalue weighted by Gasteiger charge is 2.15. The number of nitrogens with zero attached hydrogens (tertiary/aromatic N) is 4. The summed E-state index contributed by atoms with van der Waals surface area (Å²) in [4.78, 5) is 20.2. The SMILES string of the molecule is CNc1ccc([N+](=O)[O-])cc1Cn1ccc([N+](=O)[O-])n1. The molecule has 9 heteroatoms. The van der Waals surface area contributed by atoms with Crippen molar-refractivity contribution in [2.75, 3.05) is 12.4 Å². The predicted molar refractivity (Wildman–Crippen MR) is 70.6 cm³/mol. The van der Waals surface area contributed by atoms with E-state index in [1.54, 1.807) is 13.1 Å². The molecule has 1 N–H and O–H groups in total. The monoisotopic (exact) mass is 277 g/mol. The molecule has 0 spiro atoms. The standard InChI is InChI=1S/C11H11N5O4/c1-12-10-3-2-9(15(17)18)6-8(10)7-14-5-4-11(13-14)16(19)20/h2-6,12H,7H2,1H3. The fourth-order valence-corrected chi connectivity index (χ4v) is 1.78. The fraction of sp³-hybridized carbons (Fsp3) is 0.182. The zero-order valence-electron chi connectivity index (χ0n) is 10.5. The first-order valence-electron chi connectivity index (χ1n) is 5.64. The van der Waals surface area contributed by atoms with Crippen LogP contribution in [0.3, 0.4) is 0 Å². The van der Waals surface area contributed by atoms with E-state index in [1.807, 2.05) is 0 Å². The van der Waals surface area contributed by atoms with Gasteiger partial charge in [0.2, 0.25) is 0 Å². The summed E-state index contributed by atoms with van der Waals surface area (Å²) in [6.45, 7) is 0.200. The van der Waals surface area contributed by atoms with Crippen LogP contribution in [0.4, 0.5) is 17.2 Å². The quantitative estimate of drug-likeness (QED) is 0.657. The lowest BCUT2D eigenvalue weighted by atomic mass is 10.1. The number of nitro benzene ring substituents is 1. The van der Waals surface area contributed by atoms with E-state index in [9.17, 15) is 20.2 Å². The van der Waals surface area contributed by atoms with Crippen LogP contribution in [0, 0.1) is 20.2 Å². The van der Waals surface area contributed by atoms with E-state index in [2.05, 4.69) is 10.4 Å². The van der Waals surface area contributed by atoms with Crippen LogP contribution in [0.2, 0.25) is 0 Å². The molecule has 0 radical (unpaired) electrons. The number of benzene rings is 1. The molecule has 1 aromatic heterocycles. The Bertz CT molecular complexity index is 667. The van der Waals surface area contributed by atoms with Gasteiger partial charge in [-0.15, -0.1) is 0 Å². The van der Waals surface area contributed by atoms with Crippen LogP contribution in [0.15, 0.2) is 30.5 Å². The lowest BCUT2D eigenvalue weighted by Crippen LogP contribution is -2.05. The first-order valence-corrected chi connectivity index (χ1v) is 5.64. The molecule has 2 aromatic rings. The zero-order chi connectivity index (χ0) is 14.7. The molecule has 20 heavy (non-hydrogen) atoms. The summed E-state index contributed by atoms with van der Waals surface area (Å²) in [5.41, 5.74) is 1.29. The van der Waals surface area contributed by atoms with Gasteiger partial charge in [0.05, 0.1) is 28.8 Å². The average molecular weight is 277 g/mol. The van der Waals surface area contributed by atoms with Gasteiger partial charge in [-0.1, -0.05) is 0 Å². The summed E-state index contributed by atoms with van der Waals surface area (Å²) in [5, 5.41) is 28.0. The molecule has 0 fully saturated rings. The Morgan fingerprint density at radius 3 is 2.55 bits per heavy atom. The van der Waals surface area contributed by atoms with Crippen LogP contribution in [-0.2, 0) is 6.54 Å². The minimum atomic E-state index is -0.594. The largest absolute Gasteiger partial charge is 0.389 e. The first kappa shape index (κ1) is 13.5. The van der Waals surface area contributed by atoms with Crippen LogP contribution in [0.5, 0.6) is 0 Å². The number of non-ortho nitro benzene ring substituents is 1. The molecule has 0 unspecified atom stereocenters. The maximum Gasteiger partial charge on any atom is 0.389 e. The molecule has 1 heterocycles. The van der Waals surface area contributed by atoms with Crippen LogP contribution in [0.25, 0.3) is 0 Å². The van der Waals surface area contributed by atoms with Gasteiger partial charge in [-0.25, -0.2) is 0 Å². The normalized spacial score (nSPS) is 10.2. The molecule has 9 nitrogen and oxygen atoms in total. The Balaban J connectivity index is 2.32. The maximum atomic E-state index is 10.8. The third kappa shape index (κ3) is 2.71. The highest BCUT2D eigenvalue weighted by atomic mass is 16.6. The highest BCUT2D eigenvalue weighted by molar-refractivity contribution is 5.55. The lowest BCUT2D eigenvalue weighted by Gasteiger charge is -2.07. The van der Waals surface area contributed by atoms with E-state index in [1.165, 1.54) is 29.1 Å². The van der Waals surface area contributed by atoms with E-state index >= 15 is 0 Å². The second-order valence-electron chi connectivity index (χ2n) is 3.98. The molecule has 104 valence electrons. The second-order valence-corrected chi connectivity index (χ2v) is 3.98. The van der Waals surface area contributed by atoms with E-state index in [0.29, 0.717) is 11.3 Å². The van der Waals surface area contributed by atoms with Crippen molar-refractivity contribution in [3.63, 3.8) is 0 Å². The fourth-order valence-electron chi connectivity index (χ4n) is 1.78. The van der Waals surface area contributed by atoms with Gasteiger partial charge in [0.1, 0.15) is 0 Å². The van der Waals surface area contributed by atoms with Crippen LogP contribution in [-0.4, -0.2) is 26.7 Å². The number of nitro groups is 2. The number of rotatable bonds is 5. The van der Waals surface area contributed by atoms with Crippen molar-refractivity contribution in [2.24, 2.45) is 0 Å². The Hall–Kier alpha value is -2.97. The summed E-state index contributed by atoms with van der Waals surface area (Å²) < 4.78 is 1.36. The molecule has 0 saturated carbocycles. The van der Waals surface area contributed by atoms with E-state index in [-0.39, 0.29) is 18.1 Å². The van der Waals surface area contributed by atoms with E-state index in [4.69, 9.17) is 0 Å². The van der Waals surface area contributed by atoms with Gasteiger partial charge in [-0.05, 0) is 11.0 Å². The summed E-state index contributed by atoms with van der Waals surface area (Å²) in [5.74, 6) is -0.263. The number of hydrogen-bond donors (Lipinski definition) is 1. The van der Waals surface area contributed by atoms with Gasteiger partial charge >= 0.3 is 5.82 Å². The minimum absolute atomic E-state index is 0.0411. The first-order chi connectivity index (χ1) is 9.51. The molecular formula is C11H11N5O4. The predicted octanol–water partition coefficient (Wildman–Crippen LogP) is 1.79. The number of aromatic nitrogens is 2. The van der Waals surface area contributed by atoms with Crippen LogP contribution in [0.1, 0.15) is 5.56 Å². The maximum absolute atomic E-state index is 10.8. The molecule has 0 aliphatic carbocycles. The molecule has 2 rings (SSSR count). The van der Waals surface area contributed by atoms with Crippen LogP contribution >= 0.6 is 0 Å². The third-order valence-corrected chi connectivity index (χ3v) is 2.71. The summed E-state index contributed by atoms with van der Waals surface area (Å²) in [6, 6.07) is 5.67. The summed E-state index contributed by atoms with van der Waals surface area (Å²) in [7, 11) is 1.69. The van der Waals surface area contributed by atoms with Crippen molar-refractivity contribution in [3.8, 4) is 0 Å². The highest BCUT2D eigenvalue weighted by Crippen LogP contribution is 2.23. The summed E-state index contributed by atoms with van der Waals surface area (Å²) in [6.07, 6.45) is 1.45. The Kier molecular flexibility index (Phi) is 3.60. The minimum Gasteiger partial charge on any atom is -0.388 e. The van der Waals surface area contributed by atoms with Crippen molar-refractivity contribution in [1.29, 1.82) is 0 Å². The van der Waals surface area contributed by atoms with Gasteiger partial charge in [0, 0.05) is 30.4 Å². The molecule has 0 bridgehead atoms. The van der Waals surface area contributed by atoms with E-state index in [0.717, 1.165) is 0 Å². The molecule has 0 aliphatic heterocycles. The van der Waals surface area contributed by atoms with Gasteiger partial charge in [0.25, 0.3) is 5.69 Å². The molecule has 0 amide bonds. The van der Waals surface area contributed by atoms with E-state index < -0.39 is 9.85 Å². The van der Waals surface area contributed by atoms with Crippen molar-refractivity contribution >= 4 is 17.2 Å². The smallest absolute Gasteiger partial charge is 0.388 e. The van der Waals surface area contributed by atoms with Gasteiger partial charge in [-0.2, -0.15) is 4.68 Å². The Morgan fingerprint density at radius 1 is 1.25 bits per heavy atom. The number of anilines is 1. The molecule has 1 aromatic carbocycles. The van der Waals surface area contributed by atoms with Crippen molar-refractivity contribution < 1.29 is 9.85 Å². The number of nitrogens with one attached hydrogen (secondary N) is 1. The van der Waals surface area contributed by atoms with Gasteiger partial charge in [0.15, 0.2) is 0 Å². The van der Waals surface area contributed by atoms with Crippen molar-refractivity contribution in [3.05, 3.63) is 56.3 Å². The zero-order valence-corrected chi connectivity index (χ0v) is 10.5. The molecule has 0 saturated heterocycles. The Labute approximate surface area is 113 Å². The Morgan fingerprint density at radius 2 is 2.00 bits per heavy atom. The van der Waals surface area contributed by atoms with Crippen molar-refractivity contribution in [1.82, 2.24) is 9.78 Å². The molecule has 0 aliphatic rings. The van der Waals surface area contributed by atoms with Gasteiger partial charge < -0.3 is 15.4 Å². The summed E-state index contributed by atoms with van der Waals surface area (Å²) >= 11 is 0. The lowest BCUT2D eigenvalue weighted by molar-refractivity contribution is -0.389. The van der Waals surface area contributed by atoms with Gasteiger partial charge in [-0.3, -0.25) is 10.1 Å². The second kappa shape index (κ2) is 5.34. The molecular weight excluding hydrogens is 266 g/mol. The third-order valence-electron chi connectivity index (χ3n) is 2.71. The van der Waals surface area contributed by atoms with Crippen LogP contribution < -0.4 is 5.32 Å². The number of hydrogen-bond acceptors (Lipinski definition) is 6. The topological polar surface area (TPSA) is 116 Å².